The van der Waals surface area contributed by atoms with E-state index in [2.05, 4.69) is 4.98 Å². The van der Waals surface area contributed by atoms with E-state index in [1.807, 2.05) is 41.5 Å². The summed E-state index contributed by atoms with van der Waals surface area (Å²) in [6.45, 7) is 15.2. The van der Waals surface area contributed by atoms with E-state index >= 15 is 0 Å². The number of aryl methyl sites for hydroxylation is 2. The number of halogens is 1. The average molecular weight is 485 g/mol. The zero-order valence-corrected chi connectivity index (χ0v) is 21.4. The van der Waals surface area contributed by atoms with Gasteiger partial charge in [0.1, 0.15) is 0 Å². The summed E-state index contributed by atoms with van der Waals surface area (Å²) in [5.74, 6) is -0.235. The van der Waals surface area contributed by atoms with Crippen molar-refractivity contribution < 1.29 is 14.4 Å². The minimum absolute atomic E-state index is 0.0514. The van der Waals surface area contributed by atoms with Gasteiger partial charge in [-0.2, -0.15) is 0 Å². The summed E-state index contributed by atoms with van der Waals surface area (Å²) in [4.78, 5) is 28.3. The van der Waals surface area contributed by atoms with Gasteiger partial charge in [0, 0.05) is 23.3 Å². The van der Waals surface area contributed by atoms with E-state index in [9.17, 15) is 20.0 Å². The number of hydrogen-bond donors (Lipinski definition) is 1. The zero-order chi connectivity index (χ0) is 25.7. The Morgan fingerprint density at radius 3 is 2.21 bits per heavy atom. The minimum atomic E-state index is -0.526. The first-order valence-corrected chi connectivity index (χ1v) is 11.2. The molecule has 0 spiro atoms. The van der Waals surface area contributed by atoms with Crippen LogP contribution in [0, 0.1) is 24.0 Å². The van der Waals surface area contributed by atoms with Crippen LogP contribution in [0.5, 0.6) is 0 Å². The highest BCUT2D eigenvalue weighted by Crippen LogP contribution is 2.37. The normalized spacial score (nSPS) is 12.9. The fourth-order valence-electron chi connectivity index (χ4n) is 3.78. The molecule has 0 aliphatic rings. The highest BCUT2D eigenvalue weighted by molar-refractivity contribution is 6.36. The molecule has 0 aliphatic heterocycles. The fraction of sp³-hybridized carbons (Fsp3) is 0.385. The molecule has 3 aromatic rings. The van der Waals surface area contributed by atoms with Gasteiger partial charge in [-0.25, -0.2) is 9.78 Å². The molecule has 2 heterocycles. The largest absolute Gasteiger partial charge is 0.504 e. The van der Waals surface area contributed by atoms with Crippen molar-refractivity contribution in [1.29, 1.82) is 0 Å². The van der Waals surface area contributed by atoms with E-state index in [0.29, 0.717) is 22.2 Å². The molecule has 1 aromatic carbocycles. The second-order valence-electron chi connectivity index (χ2n) is 10.6. The Morgan fingerprint density at radius 1 is 1.09 bits per heavy atom. The fourth-order valence-corrected chi connectivity index (χ4v) is 4.08. The molecule has 180 valence electrons. The molecule has 34 heavy (non-hydrogen) atoms. The Kier molecular flexibility index (Phi) is 6.39. The molecule has 0 saturated carbocycles. The third-order valence-electron chi connectivity index (χ3n) is 5.83. The Labute approximate surface area is 203 Å². The lowest BCUT2D eigenvalue weighted by molar-refractivity contribution is -0.383. The van der Waals surface area contributed by atoms with Gasteiger partial charge in [-0.1, -0.05) is 53.1 Å². The van der Waals surface area contributed by atoms with Crippen molar-refractivity contribution in [3.05, 3.63) is 77.5 Å². The second-order valence-corrected chi connectivity index (χ2v) is 11.0. The molecule has 0 fully saturated rings. The molecule has 0 saturated heterocycles. The van der Waals surface area contributed by atoms with Crippen LogP contribution in [-0.4, -0.2) is 15.0 Å². The van der Waals surface area contributed by atoms with Gasteiger partial charge < -0.3 is 9.52 Å². The number of pyridine rings is 1. The van der Waals surface area contributed by atoms with Crippen LogP contribution >= 0.6 is 11.6 Å². The van der Waals surface area contributed by atoms with Crippen LogP contribution < -0.4 is 5.63 Å². The number of nitro benzene ring substituents is 1. The summed E-state index contributed by atoms with van der Waals surface area (Å²) in [6.07, 6.45) is 1.35. The molecular formula is C26H29ClN2O5. The number of fused-ring (bicyclic) bond motifs is 1. The van der Waals surface area contributed by atoms with E-state index in [1.165, 1.54) is 18.2 Å². The van der Waals surface area contributed by atoms with E-state index in [4.69, 9.17) is 16.0 Å². The van der Waals surface area contributed by atoms with Gasteiger partial charge in [-0.3, -0.25) is 10.1 Å². The lowest BCUT2D eigenvalue weighted by Gasteiger charge is -2.25. The first-order chi connectivity index (χ1) is 15.5. The minimum Gasteiger partial charge on any atom is -0.504 e. The lowest BCUT2D eigenvalue weighted by Crippen LogP contribution is -2.26. The standard InChI is InChI=1S/C26H29ClN2O5/c1-13-9-19(29(32)33)21-18(27)10-15(28-22(21)14(13)2)11-20(30)23-16(25(3,4)5)12-17(24(31)34-23)26(6,7)8/h9-12,30H,1-8H3/b20-11-. The van der Waals surface area contributed by atoms with Crippen LogP contribution in [-0.2, 0) is 10.8 Å². The zero-order valence-electron chi connectivity index (χ0n) is 20.7. The molecule has 0 bridgehead atoms. The summed E-state index contributed by atoms with van der Waals surface area (Å²) in [6, 6.07) is 4.70. The van der Waals surface area contributed by atoms with Gasteiger partial charge in [-0.05, 0) is 47.9 Å². The van der Waals surface area contributed by atoms with E-state index in [-0.39, 0.29) is 33.3 Å². The smallest absolute Gasteiger partial charge is 0.340 e. The molecule has 2 aromatic heterocycles. The van der Waals surface area contributed by atoms with Gasteiger partial charge in [0.25, 0.3) is 5.69 Å². The van der Waals surface area contributed by atoms with Crippen LogP contribution in [0.1, 0.15) is 75.3 Å². The molecule has 0 radical (unpaired) electrons. The van der Waals surface area contributed by atoms with Crippen molar-refractivity contribution in [1.82, 2.24) is 4.98 Å². The molecule has 0 aliphatic carbocycles. The molecule has 0 atom stereocenters. The Bertz CT molecular complexity index is 1410. The Morgan fingerprint density at radius 2 is 1.68 bits per heavy atom. The number of benzene rings is 1. The topological polar surface area (TPSA) is 106 Å². The van der Waals surface area contributed by atoms with Crippen LogP contribution in [0.15, 0.2) is 27.4 Å². The van der Waals surface area contributed by atoms with Crippen molar-refractivity contribution in [3.8, 4) is 0 Å². The molecular weight excluding hydrogens is 456 g/mol. The maximum atomic E-state index is 12.7. The van der Waals surface area contributed by atoms with Crippen molar-refractivity contribution >= 4 is 40.0 Å². The van der Waals surface area contributed by atoms with Crippen LogP contribution in [0.2, 0.25) is 5.02 Å². The number of rotatable bonds is 3. The lowest BCUT2D eigenvalue weighted by atomic mass is 9.81. The summed E-state index contributed by atoms with van der Waals surface area (Å²) >= 11 is 6.44. The predicted molar refractivity (Wildman–Crippen MR) is 136 cm³/mol. The Hall–Kier alpha value is -3.19. The van der Waals surface area contributed by atoms with Crippen molar-refractivity contribution in [2.45, 2.75) is 66.2 Å². The monoisotopic (exact) mass is 484 g/mol. The number of nitrogens with zero attached hydrogens (tertiary/aromatic N) is 2. The first-order valence-electron chi connectivity index (χ1n) is 10.9. The van der Waals surface area contributed by atoms with Crippen LogP contribution in [0.4, 0.5) is 5.69 Å². The Balaban J connectivity index is 2.28. The maximum absolute atomic E-state index is 12.7. The van der Waals surface area contributed by atoms with E-state index < -0.39 is 21.4 Å². The van der Waals surface area contributed by atoms with Gasteiger partial charge >= 0.3 is 5.63 Å². The number of non-ortho nitro benzene ring substituents is 1. The molecule has 0 unspecified atom stereocenters. The number of aliphatic hydroxyl groups excluding tert-OH is 1. The highest BCUT2D eigenvalue weighted by atomic mass is 35.5. The number of hydrogen-bond acceptors (Lipinski definition) is 6. The van der Waals surface area contributed by atoms with Gasteiger partial charge in [0.15, 0.2) is 11.5 Å². The molecule has 7 nitrogen and oxygen atoms in total. The summed E-state index contributed by atoms with van der Waals surface area (Å²) in [5.41, 5.74) is 1.75. The number of aromatic nitrogens is 1. The summed E-state index contributed by atoms with van der Waals surface area (Å²) < 4.78 is 5.61. The average Bonchev–Trinajstić information content (AvgIpc) is 2.68. The molecule has 3 rings (SSSR count). The van der Waals surface area contributed by atoms with Crippen LogP contribution in [0.3, 0.4) is 0 Å². The van der Waals surface area contributed by atoms with E-state index in [1.54, 1.807) is 19.9 Å². The predicted octanol–water partition coefficient (Wildman–Crippen LogP) is 7.02. The number of aliphatic hydroxyl groups is 1. The van der Waals surface area contributed by atoms with Crippen molar-refractivity contribution in [2.24, 2.45) is 0 Å². The summed E-state index contributed by atoms with van der Waals surface area (Å²) in [7, 11) is 0. The van der Waals surface area contributed by atoms with Gasteiger partial charge in [-0.15, -0.1) is 0 Å². The molecule has 8 heteroatoms. The third-order valence-corrected chi connectivity index (χ3v) is 6.12. The molecule has 1 N–H and O–H groups in total. The molecule has 0 amide bonds. The van der Waals surface area contributed by atoms with Crippen molar-refractivity contribution in [3.63, 3.8) is 0 Å². The highest BCUT2D eigenvalue weighted by Gasteiger charge is 2.28. The van der Waals surface area contributed by atoms with E-state index in [0.717, 1.165) is 5.56 Å². The second kappa shape index (κ2) is 8.55. The van der Waals surface area contributed by atoms with Gasteiger partial charge in [0.2, 0.25) is 0 Å². The first kappa shape index (κ1) is 25.4. The van der Waals surface area contributed by atoms with Gasteiger partial charge in [0.05, 0.1) is 26.5 Å². The third kappa shape index (κ3) is 4.71. The number of nitro groups is 1. The SMILES string of the molecule is Cc1cc([N+](=O)[O-])c2c(Cl)cc(/C=C(\O)c3oc(=O)c(C(C)(C)C)cc3C(C)(C)C)nc2c1C. The van der Waals surface area contributed by atoms with Crippen molar-refractivity contribution in [2.75, 3.05) is 0 Å². The van der Waals surface area contributed by atoms with Crippen LogP contribution in [0.25, 0.3) is 22.7 Å². The quantitative estimate of drug-likeness (QED) is 0.243. The summed E-state index contributed by atoms with van der Waals surface area (Å²) in [5, 5.41) is 22.9. The maximum Gasteiger partial charge on any atom is 0.340 e.